The molecule has 0 radical (unpaired) electrons. The summed E-state index contributed by atoms with van der Waals surface area (Å²) in [4.78, 5) is 0. The first-order valence-electron chi connectivity index (χ1n) is 5.56. The lowest BCUT2D eigenvalue weighted by molar-refractivity contribution is 0.253. The first-order chi connectivity index (χ1) is 7.09. The van der Waals surface area contributed by atoms with Crippen molar-refractivity contribution in [2.75, 3.05) is 6.54 Å². The van der Waals surface area contributed by atoms with Gasteiger partial charge in [0, 0.05) is 17.0 Å². The monoisotopic (exact) mass is 223 g/mol. The lowest BCUT2D eigenvalue weighted by Crippen LogP contribution is -2.41. The van der Waals surface area contributed by atoms with Gasteiger partial charge in [0.25, 0.3) is 0 Å². The van der Waals surface area contributed by atoms with Gasteiger partial charge in [-0.15, -0.1) is 0 Å². The van der Waals surface area contributed by atoms with Crippen LogP contribution < -0.4 is 5.73 Å². The first-order valence-corrected chi connectivity index (χ1v) is 5.94. The highest BCUT2D eigenvalue weighted by molar-refractivity contribution is 6.31. The molecule has 0 atom stereocenters. The van der Waals surface area contributed by atoms with E-state index in [-0.39, 0.29) is 5.41 Å². The standard InChI is InChI=1S/C13H18ClN/c1-9-6-11(7-12(14)10(9)2)13(8-15)4-3-5-13/h6-7H,3-5,8,15H2,1-2H3. The number of halogens is 1. The molecule has 82 valence electrons. The molecule has 0 aromatic heterocycles. The highest BCUT2D eigenvalue weighted by Crippen LogP contribution is 2.44. The van der Waals surface area contributed by atoms with Gasteiger partial charge in [0.15, 0.2) is 0 Å². The topological polar surface area (TPSA) is 26.0 Å². The van der Waals surface area contributed by atoms with Crippen LogP contribution in [0.25, 0.3) is 0 Å². The quantitative estimate of drug-likeness (QED) is 0.818. The molecule has 0 unspecified atom stereocenters. The first kappa shape index (κ1) is 11.0. The molecule has 1 fully saturated rings. The van der Waals surface area contributed by atoms with Crippen molar-refractivity contribution < 1.29 is 0 Å². The highest BCUT2D eigenvalue weighted by atomic mass is 35.5. The van der Waals surface area contributed by atoms with E-state index in [2.05, 4.69) is 26.0 Å². The molecule has 1 aromatic carbocycles. The fourth-order valence-electron chi connectivity index (χ4n) is 2.34. The molecule has 0 saturated heterocycles. The highest BCUT2D eigenvalue weighted by Gasteiger charge is 2.37. The number of rotatable bonds is 2. The second-order valence-corrected chi connectivity index (χ2v) is 5.15. The van der Waals surface area contributed by atoms with Crippen molar-refractivity contribution >= 4 is 11.6 Å². The maximum Gasteiger partial charge on any atom is 0.0440 e. The van der Waals surface area contributed by atoms with Gasteiger partial charge in [-0.3, -0.25) is 0 Å². The molecule has 0 heterocycles. The van der Waals surface area contributed by atoms with E-state index >= 15 is 0 Å². The third-order valence-corrected chi connectivity index (χ3v) is 4.31. The largest absolute Gasteiger partial charge is 0.330 e. The van der Waals surface area contributed by atoms with Gasteiger partial charge in [0.1, 0.15) is 0 Å². The van der Waals surface area contributed by atoms with Gasteiger partial charge in [0.2, 0.25) is 0 Å². The summed E-state index contributed by atoms with van der Waals surface area (Å²) in [7, 11) is 0. The Hall–Kier alpha value is -0.530. The zero-order chi connectivity index (χ0) is 11.1. The van der Waals surface area contributed by atoms with E-state index in [9.17, 15) is 0 Å². The molecular formula is C13H18ClN. The van der Waals surface area contributed by atoms with Gasteiger partial charge in [-0.2, -0.15) is 0 Å². The van der Waals surface area contributed by atoms with Gasteiger partial charge in [-0.05, 0) is 49.4 Å². The molecule has 0 bridgehead atoms. The zero-order valence-corrected chi connectivity index (χ0v) is 10.2. The molecule has 1 saturated carbocycles. The minimum absolute atomic E-state index is 0.224. The summed E-state index contributed by atoms with van der Waals surface area (Å²) in [6, 6.07) is 4.36. The molecule has 2 heteroatoms. The molecule has 1 aromatic rings. The van der Waals surface area contributed by atoms with Crippen molar-refractivity contribution in [3.63, 3.8) is 0 Å². The van der Waals surface area contributed by atoms with Gasteiger partial charge in [0.05, 0.1) is 0 Å². The molecule has 2 rings (SSSR count). The second-order valence-electron chi connectivity index (χ2n) is 4.74. The Morgan fingerprint density at radius 1 is 1.33 bits per heavy atom. The minimum atomic E-state index is 0.224. The third kappa shape index (κ3) is 1.68. The van der Waals surface area contributed by atoms with Crippen molar-refractivity contribution in [1.82, 2.24) is 0 Å². The van der Waals surface area contributed by atoms with E-state index in [4.69, 9.17) is 17.3 Å². The maximum absolute atomic E-state index is 6.22. The molecule has 1 aliphatic carbocycles. The number of benzene rings is 1. The Labute approximate surface area is 96.6 Å². The van der Waals surface area contributed by atoms with Crippen LogP contribution in [-0.2, 0) is 5.41 Å². The summed E-state index contributed by atoms with van der Waals surface area (Å²) < 4.78 is 0. The van der Waals surface area contributed by atoms with Crippen molar-refractivity contribution in [3.05, 3.63) is 33.8 Å². The molecule has 0 aliphatic heterocycles. The van der Waals surface area contributed by atoms with Crippen molar-refractivity contribution in [1.29, 1.82) is 0 Å². The smallest absolute Gasteiger partial charge is 0.0440 e. The van der Waals surface area contributed by atoms with Crippen molar-refractivity contribution in [3.8, 4) is 0 Å². The molecule has 1 aliphatic rings. The number of hydrogen-bond donors (Lipinski definition) is 1. The zero-order valence-electron chi connectivity index (χ0n) is 9.44. The number of nitrogens with two attached hydrogens (primary N) is 1. The molecule has 15 heavy (non-hydrogen) atoms. The fourth-order valence-corrected chi connectivity index (χ4v) is 2.60. The average Bonchev–Trinajstić information content (AvgIpc) is 2.13. The molecule has 0 spiro atoms. The van der Waals surface area contributed by atoms with Gasteiger partial charge >= 0.3 is 0 Å². The predicted octanol–water partition coefficient (Wildman–Crippen LogP) is 3.34. The van der Waals surface area contributed by atoms with E-state index < -0.39 is 0 Å². The Bertz CT molecular complexity index is 352. The third-order valence-electron chi connectivity index (χ3n) is 3.92. The normalized spacial score (nSPS) is 18.7. The maximum atomic E-state index is 6.22. The van der Waals surface area contributed by atoms with Crippen LogP contribution in [0.2, 0.25) is 5.02 Å². The van der Waals surface area contributed by atoms with Gasteiger partial charge < -0.3 is 5.73 Å². The van der Waals surface area contributed by atoms with Crippen LogP contribution in [0.3, 0.4) is 0 Å². The van der Waals surface area contributed by atoms with Gasteiger partial charge in [-0.1, -0.05) is 24.1 Å². The summed E-state index contributed by atoms with van der Waals surface area (Å²) in [6.07, 6.45) is 3.71. The molecule has 2 N–H and O–H groups in total. The lowest BCUT2D eigenvalue weighted by atomic mass is 9.64. The van der Waals surface area contributed by atoms with Crippen LogP contribution in [0.1, 0.15) is 36.0 Å². The van der Waals surface area contributed by atoms with E-state index in [0.717, 1.165) is 11.6 Å². The molecule has 1 nitrogen and oxygen atoms in total. The number of aryl methyl sites for hydroxylation is 1. The van der Waals surface area contributed by atoms with Crippen LogP contribution in [0.5, 0.6) is 0 Å². The van der Waals surface area contributed by atoms with Crippen molar-refractivity contribution in [2.45, 2.75) is 38.5 Å². The lowest BCUT2D eigenvalue weighted by Gasteiger charge is -2.42. The fraction of sp³-hybridized carbons (Fsp3) is 0.538. The molecular weight excluding hydrogens is 206 g/mol. The Kier molecular flexibility index (Phi) is 2.78. The van der Waals surface area contributed by atoms with E-state index in [1.165, 1.54) is 36.0 Å². The summed E-state index contributed by atoms with van der Waals surface area (Å²) >= 11 is 6.22. The summed E-state index contributed by atoms with van der Waals surface area (Å²) in [5.41, 5.74) is 9.92. The van der Waals surface area contributed by atoms with Crippen LogP contribution >= 0.6 is 11.6 Å². The van der Waals surface area contributed by atoms with E-state index in [0.29, 0.717) is 0 Å². The Morgan fingerprint density at radius 2 is 2.00 bits per heavy atom. The Morgan fingerprint density at radius 3 is 2.40 bits per heavy atom. The van der Waals surface area contributed by atoms with Crippen LogP contribution in [0.15, 0.2) is 12.1 Å². The molecule has 0 amide bonds. The van der Waals surface area contributed by atoms with Crippen molar-refractivity contribution in [2.24, 2.45) is 5.73 Å². The van der Waals surface area contributed by atoms with Crippen LogP contribution in [0.4, 0.5) is 0 Å². The Balaban J connectivity index is 2.45. The number of hydrogen-bond acceptors (Lipinski definition) is 1. The van der Waals surface area contributed by atoms with Gasteiger partial charge in [-0.25, -0.2) is 0 Å². The predicted molar refractivity (Wildman–Crippen MR) is 65.5 cm³/mol. The van der Waals surface area contributed by atoms with E-state index in [1.807, 2.05) is 0 Å². The minimum Gasteiger partial charge on any atom is -0.330 e. The summed E-state index contributed by atoms with van der Waals surface area (Å²) in [5.74, 6) is 0. The SMILES string of the molecule is Cc1cc(C2(CN)CCC2)cc(Cl)c1C. The van der Waals surface area contributed by atoms with Crippen LogP contribution in [0, 0.1) is 13.8 Å². The van der Waals surface area contributed by atoms with E-state index in [1.54, 1.807) is 0 Å². The second kappa shape index (κ2) is 3.80. The average molecular weight is 224 g/mol. The van der Waals surface area contributed by atoms with Crippen LogP contribution in [-0.4, -0.2) is 6.54 Å². The summed E-state index contributed by atoms with van der Waals surface area (Å²) in [5, 5.41) is 0.879. The summed E-state index contributed by atoms with van der Waals surface area (Å²) in [6.45, 7) is 4.93.